The van der Waals surface area contributed by atoms with Crippen molar-refractivity contribution < 1.29 is 33.9 Å². The van der Waals surface area contributed by atoms with Crippen molar-refractivity contribution in [3.05, 3.63) is 17.6 Å². The number of carboxylic acids is 1. The molecule has 2 unspecified atom stereocenters. The zero-order valence-electron chi connectivity index (χ0n) is 17.7. The van der Waals surface area contributed by atoms with Gasteiger partial charge >= 0.3 is 11.9 Å². The van der Waals surface area contributed by atoms with Crippen molar-refractivity contribution in [3.8, 4) is 0 Å². The predicted molar refractivity (Wildman–Crippen MR) is 118 cm³/mol. The van der Waals surface area contributed by atoms with E-state index in [1.54, 1.807) is 0 Å². The van der Waals surface area contributed by atoms with Gasteiger partial charge in [-0.15, -0.1) is 11.8 Å². The molecular formula is C18H22N6O7S2. The number of nitrogen functional groups attached to an aromatic ring is 1. The number of esters is 1. The van der Waals surface area contributed by atoms with Crippen LogP contribution in [0.5, 0.6) is 0 Å². The number of β-lactam (4-membered cyclic amide) rings is 1. The van der Waals surface area contributed by atoms with Crippen LogP contribution in [0.2, 0.25) is 0 Å². The van der Waals surface area contributed by atoms with Crippen molar-refractivity contribution in [1.29, 1.82) is 0 Å². The largest absolute Gasteiger partial charge is 0.477 e. The molecule has 1 saturated heterocycles. The van der Waals surface area contributed by atoms with Gasteiger partial charge in [0, 0.05) is 17.3 Å². The summed E-state index contributed by atoms with van der Waals surface area (Å²) in [6, 6.07) is -0.983. The Kier molecular flexibility index (Phi) is 7.86. The second-order valence-electron chi connectivity index (χ2n) is 6.94. The number of ether oxygens (including phenoxy) is 1. The van der Waals surface area contributed by atoms with Crippen LogP contribution in [0.4, 0.5) is 5.13 Å². The highest BCUT2D eigenvalue weighted by Gasteiger charge is 2.53. The number of carbonyl (C=O) groups excluding carboxylic acids is 3. The molecule has 2 amide bonds. The lowest BCUT2D eigenvalue weighted by Crippen LogP contribution is -2.70. The van der Waals surface area contributed by atoms with Gasteiger partial charge in [0.25, 0.3) is 11.8 Å². The smallest absolute Gasteiger partial charge is 0.352 e. The van der Waals surface area contributed by atoms with E-state index in [4.69, 9.17) is 15.3 Å². The Bertz CT molecular complexity index is 1010. The highest BCUT2D eigenvalue weighted by atomic mass is 32.2. The van der Waals surface area contributed by atoms with Gasteiger partial charge in [0.15, 0.2) is 5.13 Å². The van der Waals surface area contributed by atoms with Gasteiger partial charge in [-0.05, 0) is 19.4 Å². The number of thioether (sulfide) groups is 1. The van der Waals surface area contributed by atoms with Gasteiger partial charge in [0.1, 0.15) is 17.1 Å². The zero-order valence-corrected chi connectivity index (χ0v) is 19.4. The Morgan fingerprint density at radius 1 is 1.45 bits per heavy atom. The van der Waals surface area contributed by atoms with Crippen LogP contribution in [0.15, 0.2) is 16.9 Å². The maximum absolute atomic E-state index is 12.9. The molecule has 4 N–H and O–H groups in total. The summed E-state index contributed by atoms with van der Waals surface area (Å²) in [5, 5.41) is 15.0. The third-order valence-corrected chi connectivity index (χ3v) is 6.32. The number of amides is 2. The van der Waals surface area contributed by atoms with Crippen molar-refractivity contribution in [2.45, 2.75) is 44.2 Å². The highest BCUT2D eigenvalue weighted by Crippen LogP contribution is 2.37. The molecule has 33 heavy (non-hydrogen) atoms. The number of carboxylic acid groups (broad SMARTS) is 1. The summed E-state index contributed by atoms with van der Waals surface area (Å²) in [4.78, 5) is 58.9. The summed E-state index contributed by atoms with van der Waals surface area (Å²) >= 11 is 2.12. The maximum atomic E-state index is 12.9. The van der Waals surface area contributed by atoms with Crippen LogP contribution in [-0.2, 0) is 28.8 Å². The number of rotatable bonds is 10. The van der Waals surface area contributed by atoms with E-state index >= 15 is 0 Å². The van der Waals surface area contributed by atoms with E-state index in [0.29, 0.717) is 12.2 Å². The molecule has 0 radical (unpaired) electrons. The molecule has 1 aromatic heterocycles. The summed E-state index contributed by atoms with van der Waals surface area (Å²) < 4.78 is 8.99. The third kappa shape index (κ3) is 5.42. The van der Waals surface area contributed by atoms with Gasteiger partial charge in [0.2, 0.25) is 17.6 Å². The average Bonchev–Trinajstić information content (AvgIpc) is 3.22. The van der Waals surface area contributed by atoms with E-state index in [9.17, 15) is 24.3 Å². The molecular weight excluding hydrogens is 476 g/mol. The first-order valence-corrected chi connectivity index (χ1v) is 11.8. The Labute approximate surface area is 196 Å². The van der Waals surface area contributed by atoms with Gasteiger partial charge in [0.05, 0.1) is 6.61 Å². The van der Waals surface area contributed by atoms with E-state index in [1.807, 2.05) is 6.92 Å². The number of aromatic nitrogens is 2. The van der Waals surface area contributed by atoms with Crippen LogP contribution in [0.25, 0.3) is 0 Å². The number of nitrogens with zero attached hydrogens (tertiary/aromatic N) is 4. The van der Waals surface area contributed by atoms with Gasteiger partial charge in [-0.25, -0.2) is 9.59 Å². The van der Waals surface area contributed by atoms with Crippen LogP contribution in [0.3, 0.4) is 0 Å². The van der Waals surface area contributed by atoms with Gasteiger partial charge in [-0.3, -0.25) is 14.5 Å². The molecule has 2 aliphatic rings. The quantitative estimate of drug-likeness (QED) is 0.129. The number of nitrogens with two attached hydrogens (primary N) is 1. The molecule has 1 aromatic rings. The first-order chi connectivity index (χ1) is 15.7. The molecule has 178 valence electrons. The van der Waals surface area contributed by atoms with Crippen molar-refractivity contribution >= 4 is 57.9 Å². The number of fused-ring (bicyclic) bond motifs is 1. The highest BCUT2D eigenvalue weighted by molar-refractivity contribution is 8.00. The number of hydrogen-bond acceptors (Lipinski definition) is 12. The molecule has 13 nitrogen and oxygen atoms in total. The van der Waals surface area contributed by atoms with Crippen molar-refractivity contribution in [1.82, 2.24) is 19.6 Å². The van der Waals surface area contributed by atoms with Crippen LogP contribution in [0.1, 0.15) is 32.5 Å². The summed E-state index contributed by atoms with van der Waals surface area (Å²) in [5.41, 5.74) is 5.08. The fourth-order valence-electron chi connectivity index (χ4n) is 2.87. The Hall–Kier alpha value is -3.20. The molecule has 0 aromatic carbocycles. The monoisotopic (exact) mass is 498 g/mol. The van der Waals surface area contributed by atoms with E-state index < -0.39 is 47.0 Å². The molecule has 2 aliphatic heterocycles. The molecule has 0 spiro atoms. The lowest BCUT2D eigenvalue weighted by molar-refractivity contribution is -0.156. The number of carbonyl (C=O) groups is 4. The second kappa shape index (κ2) is 10.6. The first-order valence-electron chi connectivity index (χ1n) is 9.93. The van der Waals surface area contributed by atoms with E-state index in [2.05, 4.69) is 19.8 Å². The third-order valence-electron chi connectivity index (χ3n) is 4.60. The van der Waals surface area contributed by atoms with Crippen molar-refractivity contribution in [2.24, 2.45) is 5.16 Å². The molecule has 3 rings (SSSR count). The Balaban J connectivity index is 1.71. The topological polar surface area (TPSA) is 186 Å². The fourth-order valence-corrected chi connectivity index (χ4v) is 4.50. The second-order valence-corrected chi connectivity index (χ2v) is 8.88. The molecule has 0 aliphatic carbocycles. The number of hydrogen-bond donors (Lipinski definition) is 3. The van der Waals surface area contributed by atoms with Crippen molar-refractivity contribution in [3.63, 3.8) is 0 Å². The molecule has 0 saturated carbocycles. The number of nitrogens with one attached hydrogen (secondary N) is 1. The number of aliphatic carboxylic acids is 1. The molecule has 1 fully saturated rings. The molecule has 15 heteroatoms. The summed E-state index contributed by atoms with van der Waals surface area (Å²) in [6.45, 7) is 3.59. The summed E-state index contributed by atoms with van der Waals surface area (Å²) in [7, 11) is 0. The minimum Gasteiger partial charge on any atom is -0.477 e. The zero-order chi connectivity index (χ0) is 24.1. The number of oxime groups is 1. The SMILES string of the molecule is CCCCOC(=O)C(C)ON=C(C(=O)NC1C(=O)N2C(C(=O)O)=CCS[C@@H]12)c1nsc(N)n1. The number of unbranched alkanes of at least 4 members (excludes halogenated alkanes) is 1. The van der Waals surface area contributed by atoms with E-state index in [1.165, 1.54) is 24.8 Å². The molecule has 3 atom stereocenters. The lowest BCUT2D eigenvalue weighted by atomic mass is 10.0. The minimum absolute atomic E-state index is 0.0718. The van der Waals surface area contributed by atoms with Crippen LogP contribution in [-0.4, -0.2) is 78.7 Å². The van der Waals surface area contributed by atoms with Crippen LogP contribution >= 0.6 is 23.3 Å². The van der Waals surface area contributed by atoms with Crippen LogP contribution in [0, 0.1) is 0 Å². The van der Waals surface area contributed by atoms with E-state index in [0.717, 1.165) is 22.9 Å². The van der Waals surface area contributed by atoms with Gasteiger partial charge in [-0.1, -0.05) is 18.5 Å². The Morgan fingerprint density at radius 2 is 2.21 bits per heavy atom. The van der Waals surface area contributed by atoms with E-state index in [-0.39, 0.29) is 23.3 Å². The normalized spacial score (nSPS) is 20.8. The van der Waals surface area contributed by atoms with Crippen molar-refractivity contribution in [2.75, 3.05) is 18.1 Å². The average molecular weight is 499 g/mol. The first kappa shape index (κ1) is 24.4. The molecule has 3 heterocycles. The Morgan fingerprint density at radius 3 is 2.85 bits per heavy atom. The fraction of sp³-hybridized carbons (Fsp3) is 0.500. The molecule has 0 bridgehead atoms. The lowest BCUT2D eigenvalue weighted by Gasteiger charge is -2.48. The minimum atomic E-state index is -1.23. The predicted octanol–water partition coefficient (Wildman–Crippen LogP) is -0.0588. The maximum Gasteiger partial charge on any atom is 0.352 e. The van der Waals surface area contributed by atoms with Gasteiger partial charge in [-0.2, -0.15) is 9.36 Å². The summed E-state index contributed by atoms with van der Waals surface area (Å²) in [5.74, 6) is -3.08. The van der Waals surface area contributed by atoms with Gasteiger partial charge < -0.3 is 25.7 Å². The number of anilines is 1. The standard InChI is InChI=1S/C18H22N6O7S2/c1-3-4-6-30-17(29)8(2)31-22-10(12-21-18(19)33-23-12)13(25)20-11-14(26)24-9(16(27)28)5-7-32-15(11)24/h5,8,11,15H,3-4,6-7H2,1-2H3,(H,20,25)(H,27,28)(H2,19,21,23)/t8?,11?,15-/m0/s1. The summed E-state index contributed by atoms with van der Waals surface area (Å²) in [6.07, 6.45) is 1.87. The van der Waals surface area contributed by atoms with Crippen LogP contribution < -0.4 is 11.1 Å².